The van der Waals surface area contributed by atoms with E-state index < -0.39 is 12.0 Å². The van der Waals surface area contributed by atoms with Gasteiger partial charge in [0, 0.05) is 6.04 Å². The first-order valence-electron chi connectivity index (χ1n) is 6.89. The van der Waals surface area contributed by atoms with Crippen molar-refractivity contribution in [2.24, 2.45) is 23.5 Å². The molecular weight excluding hydrogens is 216 g/mol. The van der Waals surface area contributed by atoms with Crippen molar-refractivity contribution in [3.8, 4) is 0 Å². The van der Waals surface area contributed by atoms with Gasteiger partial charge >= 0.3 is 5.97 Å². The summed E-state index contributed by atoms with van der Waals surface area (Å²) in [6.07, 6.45) is 5.86. The highest BCUT2D eigenvalue weighted by molar-refractivity contribution is 5.73. The lowest BCUT2D eigenvalue weighted by Crippen LogP contribution is -2.55. The molecule has 4 atom stereocenters. The summed E-state index contributed by atoms with van der Waals surface area (Å²) in [5.41, 5.74) is 5.70. The molecule has 17 heavy (non-hydrogen) atoms. The molecule has 4 fully saturated rings. The normalized spacial score (nSPS) is 45.6. The van der Waals surface area contributed by atoms with Crippen LogP contribution in [0, 0.1) is 17.8 Å². The molecule has 0 aromatic carbocycles. The number of piperidine rings is 3. The second-order valence-corrected chi connectivity index (χ2v) is 6.05. The van der Waals surface area contributed by atoms with Gasteiger partial charge in [0.15, 0.2) is 0 Å². The summed E-state index contributed by atoms with van der Waals surface area (Å²) in [7, 11) is 0. The topological polar surface area (TPSA) is 66.6 Å². The van der Waals surface area contributed by atoms with Gasteiger partial charge in [-0.05, 0) is 62.9 Å². The maximum Gasteiger partial charge on any atom is 0.320 e. The fourth-order valence-corrected chi connectivity index (χ4v) is 4.51. The van der Waals surface area contributed by atoms with Crippen LogP contribution in [-0.2, 0) is 4.79 Å². The van der Waals surface area contributed by atoms with Crippen molar-refractivity contribution >= 4 is 5.97 Å². The van der Waals surface area contributed by atoms with Crippen LogP contribution in [0.1, 0.15) is 32.1 Å². The summed E-state index contributed by atoms with van der Waals surface area (Å²) in [4.78, 5) is 13.5. The fourth-order valence-electron chi connectivity index (χ4n) is 4.51. The average molecular weight is 238 g/mol. The van der Waals surface area contributed by atoms with Gasteiger partial charge in [-0.2, -0.15) is 0 Å². The number of aliphatic carboxylic acids is 1. The Labute approximate surface area is 102 Å². The van der Waals surface area contributed by atoms with Crippen LogP contribution in [0.25, 0.3) is 0 Å². The number of nitrogens with two attached hydrogens (primary N) is 1. The molecule has 0 spiro atoms. The molecule has 3 N–H and O–H groups in total. The van der Waals surface area contributed by atoms with Crippen LogP contribution in [0.3, 0.4) is 0 Å². The number of carbonyl (C=O) groups is 1. The summed E-state index contributed by atoms with van der Waals surface area (Å²) in [6.45, 7) is 2.45. The first kappa shape index (κ1) is 11.5. The Bertz CT molecular complexity index is 313. The third-order valence-corrected chi connectivity index (χ3v) is 5.27. The van der Waals surface area contributed by atoms with Gasteiger partial charge in [-0.1, -0.05) is 0 Å². The Morgan fingerprint density at radius 3 is 2.65 bits per heavy atom. The average Bonchev–Trinajstić information content (AvgIpc) is 2.76. The summed E-state index contributed by atoms with van der Waals surface area (Å²) in [5.74, 6) is 1.43. The fraction of sp³-hybridized carbons (Fsp3) is 0.923. The second-order valence-electron chi connectivity index (χ2n) is 6.05. The van der Waals surface area contributed by atoms with E-state index in [0.717, 1.165) is 11.8 Å². The molecule has 1 aliphatic carbocycles. The minimum Gasteiger partial charge on any atom is -0.480 e. The molecule has 4 nitrogen and oxygen atoms in total. The number of fused-ring (bicyclic) bond motifs is 2. The summed E-state index contributed by atoms with van der Waals surface area (Å²) in [6, 6.07) is -0.0201. The van der Waals surface area contributed by atoms with E-state index >= 15 is 0 Å². The molecule has 3 heterocycles. The molecule has 4 heteroatoms. The van der Waals surface area contributed by atoms with Crippen molar-refractivity contribution in [2.75, 3.05) is 13.1 Å². The van der Waals surface area contributed by atoms with E-state index in [4.69, 9.17) is 10.8 Å². The molecule has 0 amide bonds. The van der Waals surface area contributed by atoms with E-state index in [2.05, 4.69) is 4.90 Å². The third-order valence-electron chi connectivity index (χ3n) is 5.27. The highest BCUT2D eigenvalue weighted by Gasteiger charge is 2.49. The van der Waals surface area contributed by atoms with Crippen LogP contribution in [0.5, 0.6) is 0 Å². The Balaban J connectivity index is 1.70. The lowest BCUT2D eigenvalue weighted by Gasteiger charge is -2.50. The van der Waals surface area contributed by atoms with Gasteiger partial charge in [0.25, 0.3) is 0 Å². The molecule has 3 saturated heterocycles. The highest BCUT2D eigenvalue weighted by Crippen LogP contribution is 2.49. The predicted molar refractivity (Wildman–Crippen MR) is 64.5 cm³/mol. The van der Waals surface area contributed by atoms with Gasteiger partial charge in [0.1, 0.15) is 6.04 Å². The Kier molecular flexibility index (Phi) is 2.87. The number of hydrogen-bond donors (Lipinski definition) is 2. The third kappa shape index (κ3) is 1.87. The zero-order valence-electron chi connectivity index (χ0n) is 10.2. The molecule has 0 aromatic heterocycles. The molecule has 0 radical (unpaired) electrons. The van der Waals surface area contributed by atoms with Crippen molar-refractivity contribution in [2.45, 2.75) is 44.2 Å². The molecule has 2 bridgehead atoms. The summed E-state index contributed by atoms with van der Waals surface area (Å²) >= 11 is 0. The van der Waals surface area contributed by atoms with Gasteiger partial charge in [0.05, 0.1) is 0 Å². The monoisotopic (exact) mass is 238 g/mol. The minimum absolute atomic E-state index is 0.522. The SMILES string of the molecule is NC(CC1CCC2C3CCN(CC3)C12)C(=O)O. The lowest BCUT2D eigenvalue weighted by molar-refractivity contribution is -0.139. The highest BCUT2D eigenvalue weighted by atomic mass is 16.4. The molecule has 4 unspecified atom stereocenters. The molecule has 1 saturated carbocycles. The van der Waals surface area contributed by atoms with Crippen molar-refractivity contribution in [3.05, 3.63) is 0 Å². The van der Waals surface area contributed by atoms with Crippen LogP contribution in [0.2, 0.25) is 0 Å². The van der Waals surface area contributed by atoms with Gasteiger partial charge in [-0.15, -0.1) is 0 Å². The molecule has 96 valence electrons. The number of carboxylic acid groups (broad SMARTS) is 1. The van der Waals surface area contributed by atoms with Crippen molar-refractivity contribution in [1.29, 1.82) is 0 Å². The Hall–Kier alpha value is -0.610. The van der Waals surface area contributed by atoms with Gasteiger partial charge in [-0.3, -0.25) is 9.69 Å². The number of nitrogens with zero attached hydrogens (tertiary/aromatic N) is 1. The van der Waals surface area contributed by atoms with Gasteiger partial charge < -0.3 is 10.8 Å². The van der Waals surface area contributed by atoms with Crippen LogP contribution in [0.15, 0.2) is 0 Å². The quantitative estimate of drug-likeness (QED) is 0.767. The second kappa shape index (κ2) is 4.25. The van der Waals surface area contributed by atoms with Crippen LogP contribution in [-0.4, -0.2) is 41.1 Å². The van der Waals surface area contributed by atoms with Gasteiger partial charge in [-0.25, -0.2) is 0 Å². The van der Waals surface area contributed by atoms with E-state index in [1.54, 1.807) is 0 Å². The van der Waals surface area contributed by atoms with Crippen molar-refractivity contribution in [1.82, 2.24) is 4.90 Å². The number of rotatable bonds is 3. The largest absolute Gasteiger partial charge is 0.480 e. The number of hydrogen-bond acceptors (Lipinski definition) is 3. The predicted octanol–water partition coefficient (Wildman–Crippen LogP) is 0.909. The maximum absolute atomic E-state index is 10.9. The zero-order chi connectivity index (χ0) is 12.0. The Morgan fingerprint density at radius 2 is 2.00 bits per heavy atom. The van der Waals surface area contributed by atoms with Crippen molar-refractivity contribution < 1.29 is 9.90 Å². The summed E-state index contributed by atoms with van der Waals surface area (Å²) < 4.78 is 0. The van der Waals surface area contributed by atoms with E-state index in [0.29, 0.717) is 18.4 Å². The molecule has 4 aliphatic rings. The lowest BCUT2D eigenvalue weighted by atomic mass is 9.73. The minimum atomic E-state index is -0.843. The first-order chi connectivity index (χ1) is 8.16. The number of carboxylic acids is 1. The smallest absolute Gasteiger partial charge is 0.320 e. The van der Waals surface area contributed by atoms with Crippen LogP contribution >= 0.6 is 0 Å². The molecular formula is C13H22N2O2. The van der Waals surface area contributed by atoms with E-state index in [1.807, 2.05) is 0 Å². The molecule has 3 aliphatic heterocycles. The molecule has 0 aromatic rings. The standard InChI is InChI=1S/C13H22N2O2/c14-11(13(16)17)7-9-1-2-10-8-3-5-15(6-4-8)12(9)10/h8-12H,1-7,14H2,(H,16,17). The maximum atomic E-state index is 10.9. The molecule has 4 rings (SSSR count). The van der Waals surface area contributed by atoms with Gasteiger partial charge in [0.2, 0.25) is 0 Å². The van der Waals surface area contributed by atoms with Crippen molar-refractivity contribution in [3.63, 3.8) is 0 Å². The first-order valence-corrected chi connectivity index (χ1v) is 6.89. The van der Waals surface area contributed by atoms with Crippen LogP contribution < -0.4 is 5.73 Å². The zero-order valence-corrected chi connectivity index (χ0v) is 10.2. The Morgan fingerprint density at radius 1 is 1.29 bits per heavy atom. The van der Waals surface area contributed by atoms with E-state index in [1.165, 1.54) is 38.8 Å². The van der Waals surface area contributed by atoms with Crippen LogP contribution in [0.4, 0.5) is 0 Å². The van der Waals surface area contributed by atoms with E-state index in [-0.39, 0.29) is 0 Å². The summed E-state index contributed by atoms with van der Waals surface area (Å²) in [5, 5.41) is 8.93. The van der Waals surface area contributed by atoms with E-state index in [9.17, 15) is 4.79 Å².